The van der Waals surface area contributed by atoms with Crippen LogP contribution in [0.2, 0.25) is 5.02 Å². The fourth-order valence-electron chi connectivity index (χ4n) is 4.09. The third-order valence-electron chi connectivity index (χ3n) is 5.90. The van der Waals surface area contributed by atoms with Crippen molar-refractivity contribution in [3.05, 3.63) is 57.1 Å². The lowest BCUT2D eigenvalue weighted by Gasteiger charge is -2.42. The van der Waals surface area contributed by atoms with E-state index in [0.29, 0.717) is 45.4 Å². The Kier molecular flexibility index (Phi) is 6.63. The Balaban J connectivity index is 1.70. The number of thioether (sulfide) groups is 1. The van der Waals surface area contributed by atoms with Gasteiger partial charge < -0.3 is 19.1 Å². The van der Waals surface area contributed by atoms with Crippen LogP contribution in [-0.4, -0.2) is 44.7 Å². The fraction of sp³-hybridized carbons (Fsp3) is 0.333. The van der Waals surface area contributed by atoms with Crippen LogP contribution in [0.4, 0.5) is 5.69 Å². The lowest BCUT2D eigenvalue weighted by molar-refractivity contribution is -0.129. The molecule has 0 spiro atoms. The Hall–Kier alpha value is -3.02. The largest absolute Gasteiger partial charge is 0.493 e. The normalized spacial score (nSPS) is 18.1. The number of hydrogen-bond donors (Lipinski definition) is 0. The van der Waals surface area contributed by atoms with E-state index in [2.05, 4.69) is 11.0 Å². The number of anilines is 1. The Bertz CT molecular complexity index is 1150. The first kappa shape index (κ1) is 23.1. The van der Waals surface area contributed by atoms with Crippen LogP contribution in [0.15, 0.2) is 40.9 Å². The van der Waals surface area contributed by atoms with Gasteiger partial charge in [0.25, 0.3) is 0 Å². The molecule has 1 atom stereocenters. The minimum Gasteiger partial charge on any atom is -0.493 e. The number of benzene rings is 2. The standard InChI is InChI=1S/C24H24ClN3O4S/c1-14-5-6-16(9-19(14)25)27-12-28-22(29)10-17(18(11-26)24(28)33-13-27)15-7-20(30-2)23(32-4)21(8-15)31-3/h5-9,17H,10,12-13H2,1-4H3/t17-/m0/s1. The van der Waals surface area contributed by atoms with E-state index in [1.54, 1.807) is 31.3 Å². The number of rotatable bonds is 5. The van der Waals surface area contributed by atoms with Gasteiger partial charge >= 0.3 is 0 Å². The molecular weight excluding hydrogens is 462 g/mol. The molecule has 1 amide bonds. The average Bonchev–Trinajstić information content (AvgIpc) is 2.84. The van der Waals surface area contributed by atoms with Gasteiger partial charge in [0.05, 0.1) is 50.5 Å². The number of hydrogen-bond acceptors (Lipinski definition) is 7. The molecule has 2 aromatic carbocycles. The summed E-state index contributed by atoms with van der Waals surface area (Å²) in [6.07, 6.45) is 0.175. The highest BCUT2D eigenvalue weighted by Gasteiger charge is 2.39. The lowest BCUT2D eigenvalue weighted by Crippen LogP contribution is -2.47. The second kappa shape index (κ2) is 9.46. The summed E-state index contributed by atoms with van der Waals surface area (Å²) in [6.45, 7) is 2.32. The van der Waals surface area contributed by atoms with E-state index in [9.17, 15) is 10.1 Å². The maximum absolute atomic E-state index is 13.2. The number of carbonyl (C=O) groups excluding carboxylic acids is 1. The van der Waals surface area contributed by atoms with Gasteiger partial charge in [0, 0.05) is 23.0 Å². The van der Waals surface area contributed by atoms with E-state index >= 15 is 0 Å². The molecule has 1 saturated heterocycles. The molecule has 9 heteroatoms. The van der Waals surface area contributed by atoms with Crippen molar-refractivity contribution in [1.82, 2.24) is 4.90 Å². The minimum absolute atomic E-state index is 0.0434. The predicted octanol–water partition coefficient (Wildman–Crippen LogP) is 4.89. The van der Waals surface area contributed by atoms with Crippen molar-refractivity contribution >= 4 is 35.0 Å². The summed E-state index contributed by atoms with van der Waals surface area (Å²) in [5, 5.41) is 11.5. The molecule has 172 valence electrons. The molecule has 4 rings (SSSR count). The molecule has 33 heavy (non-hydrogen) atoms. The van der Waals surface area contributed by atoms with Crippen LogP contribution >= 0.6 is 23.4 Å². The topological polar surface area (TPSA) is 75.0 Å². The summed E-state index contributed by atoms with van der Waals surface area (Å²) < 4.78 is 16.4. The lowest BCUT2D eigenvalue weighted by atomic mass is 9.86. The number of nitriles is 1. The maximum atomic E-state index is 13.2. The Labute approximate surface area is 202 Å². The van der Waals surface area contributed by atoms with E-state index in [1.165, 1.54) is 18.9 Å². The van der Waals surface area contributed by atoms with Gasteiger partial charge in [-0.3, -0.25) is 9.69 Å². The molecule has 0 bridgehead atoms. The van der Waals surface area contributed by atoms with Crippen LogP contribution in [0.3, 0.4) is 0 Å². The molecule has 0 saturated carbocycles. The Morgan fingerprint density at radius 2 is 1.82 bits per heavy atom. The van der Waals surface area contributed by atoms with Crippen LogP contribution in [0, 0.1) is 18.3 Å². The quantitative estimate of drug-likeness (QED) is 0.596. The number of halogens is 1. The molecule has 1 fully saturated rings. The monoisotopic (exact) mass is 485 g/mol. The maximum Gasteiger partial charge on any atom is 0.229 e. The third-order valence-corrected chi connectivity index (χ3v) is 7.47. The number of amides is 1. The predicted molar refractivity (Wildman–Crippen MR) is 129 cm³/mol. The number of ether oxygens (including phenoxy) is 3. The van der Waals surface area contributed by atoms with E-state index in [4.69, 9.17) is 25.8 Å². The smallest absolute Gasteiger partial charge is 0.229 e. The average molecular weight is 486 g/mol. The number of fused-ring (bicyclic) bond motifs is 1. The molecule has 2 aromatic rings. The first-order valence-corrected chi connectivity index (χ1v) is 11.7. The molecule has 2 aliphatic rings. The summed E-state index contributed by atoms with van der Waals surface area (Å²) in [6, 6.07) is 11.8. The molecule has 2 aliphatic heterocycles. The molecule has 7 nitrogen and oxygen atoms in total. The van der Waals surface area contributed by atoms with Crippen molar-refractivity contribution < 1.29 is 19.0 Å². The molecule has 0 radical (unpaired) electrons. The summed E-state index contributed by atoms with van der Waals surface area (Å²) >= 11 is 7.79. The zero-order chi connectivity index (χ0) is 23.7. The highest BCUT2D eigenvalue weighted by atomic mass is 35.5. The summed E-state index contributed by atoms with van der Waals surface area (Å²) in [4.78, 5) is 17.0. The fourth-order valence-corrected chi connectivity index (χ4v) is 5.43. The van der Waals surface area contributed by atoms with Crippen LogP contribution in [-0.2, 0) is 4.79 Å². The summed E-state index contributed by atoms with van der Waals surface area (Å²) in [7, 11) is 4.62. The second-order valence-electron chi connectivity index (χ2n) is 7.76. The van der Waals surface area contributed by atoms with Crippen molar-refractivity contribution in [2.24, 2.45) is 0 Å². The van der Waals surface area contributed by atoms with E-state index in [0.717, 1.165) is 16.8 Å². The number of aryl methyl sites for hydroxylation is 1. The summed E-state index contributed by atoms with van der Waals surface area (Å²) in [5.74, 6) is 1.61. The Morgan fingerprint density at radius 3 is 2.39 bits per heavy atom. The molecular formula is C24H24ClN3O4S. The van der Waals surface area contributed by atoms with Crippen molar-refractivity contribution in [3.8, 4) is 23.3 Å². The number of allylic oxidation sites excluding steroid dienone is 1. The highest BCUT2D eigenvalue weighted by Crippen LogP contribution is 2.47. The second-order valence-corrected chi connectivity index (χ2v) is 9.10. The van der Waals surface area contributed by atoms with Crippen molar-refractivity contribution in [3.63, 3.8) is 0 Å². The summed E-state index contributed by atoms with van der Waals surface area (Å²) in [5.41, 5.74) is 3.28. The number of carbonyl (C=O) groups is 1. The van der Waals surface area contributed by atoms with Gasteiger partial charge in [0.2, 0.25) is 11.7 Å². The third kappa shape index (κ3) is 4.19. The number of nitrogens with zero attached hydrogens (tertiary/aromatic N) is 3. The van der Waals surface area contributed by atoms with E-state index < -0.39 is 5.92 Å². The van der Waals surface area contributed by atoms with Crippen molar-refractivity contribution in [1.29, 1.82) is 5.26 Å². The molecule has 0 N–H and O–H groups in total. The molecule has 0 unspecified atom stereocenters. The van der Waals surface area contributed by atoms with E-state index in [1.807, 2.05) is 25.1 Å². The van der Waals surface area contributed by atoms with Crippen molar-refractivity contribution in [2.75, 3.05) is 38.8 Å². The van der Waals surface area contributed by atoms with Gasteiger partial charge in [0.15, 0.2) is 11.5 Å². The highest BCUT2D eigenvalue weighted by molar-refractivity contribution is 8.03. The van der Waals surface area contributed by atoms with Gasteiger partial charge in [-0.1, -0.05) is 29.4 Å². The van der Waals surface area contributed by atoms with Crippen molar-refractivity contribution in [2.45, 2.75) is 19.3 Å². The first-order chi connectivity index (χ1) is 15.9. The van der Waals surface area contributed by atoms with Crippen LogP contribution in [0.5, 0.6) is 17.2 Å². The van der Waals surface area contributed by atoms with Crippen LogP contribution < -0.4 is 19.1 Å². The molecule has 2 heterocycles. The first-order valence-electron chi connectivity index (χ1n) is 10.3. The van der Waals surface area contributed by atoms with Gasteiger partial charge in [-0.25, -0.2) is 0 Å². The van der Waals surface area contributed by atoms with Gasteiger partial charge in [-0.15, -0.1) is 0 Å². The van der Waals surface area contributed by atoms with Gasteiger partial charge in [0.1, 0.15) is 0 Å². The van der Waals surface area contributed by atoms with Crippen LogP contribution in [0.25, 0.3) is 0 Å². The SMILES string of the molecule is COc1cc([C@@H]2CC(=O)N3CN(c4ccc(C)c(Cl)c4)CSC3=C2C#N)cc(OC)c1OC. The zero-order valence-electron chi connectivity index (χ0n) is 18.8. The molecule has 0 aliphatic carbocycles. The van der Waals surface area contributed by atoms with Gasteiger partial charge in [-0.05, 0) is 42.3 Å². The van der Waals surface area contributed by atoms with E-state index in [-0.39, 0.29) is 12.3 Å². The van der Waals surface area contributed by atoms with Crippen LogP contribution in [0.1, 0.15) is 23.5 Å². The number of methoxy groups -OCH3 is 3. The molecule has 0 aromatic heterocycles. The Morgan fingerprint density at radius 1 is 1.12 bits per heavy atom. The van der Waals surface area contributed by atoms with Gasteiger partial charge in [-0.2, -0.15) is 5.26 Å². The zero-order valence-corrected chi connectivity index (χ0v) is 20.4. The minimum atomic E-state index is -0.393.